The molecule has 2 aliphatic rings. The van der Waals surface area contributed by atoms with Gasteiger partial charge < -0.3 is 10.1 Å². The molecule has 3 atom stereocenters. The van der Waals surface area contributed by atoms with Crippen LogP contribution in [0.3, 0.4) is 0 Å². The molecule has 3 rings (SSSR count). The minimum absolute atomic E-state index is 0.266. The predicted octanol–water partition coefficient (Wildman–Crippen LogP) is 1.84. The molecule has 8 heteroatoms. The van der Waals surface area contributed by atoms with Crippen molar-refractivity contribution < 1.29 is 23.9 Å². The van der Waals surface area contributed by atoms with Gasteiger partial charge in [-0.25, -0.2) is 4.79 Å². The van der Waals surface area contributed by atoms with Crippen molar-refractivity contribution in [2.45, 2.75) is 32.4 Å². The first-order chi connectivity index (χ1) is 13.4. The molecular weight excluding hydrogens is 384 g/mol. The number of nitrogens with one attached hydrogen (secondary N) is 1. The number of rotatable bonds is 6. The molecule has 148 valence electrons. The third-order valence-corrected chi connectivity index (χ3v) is 5.27. The quantitative estimate of drug-likeness (QED) is 0.443. The summed E-state index contributed by atoms with van der Waals surface area (Å²) in [5.74, 6) is -2.78. The van der Waals surface area contributed by atoms with Gasteiger partial charge in [0.1, 0.15) is 6.04 Å². The number of benzene rings is 1. The number of ether oxygens (including phenoxy) is 1. The molecule has 1 N–H and O–H groups in total. The number of fused-ring (bicyclic) bond motifs is 1. The van der Waals surface area contributed by atoms with Crippen molar-refractivity contribution >= 4 is 35.3 Å². The summed E-state index contributed by atoms with van der Waals surface area (Å²) in [4.78, 5) is 50.1. The number of carbonyl (C=O) groups excluding carboxylic acids is 4. The van der Waals surface area contributed by atoms with Crippen LogP contribution in [0.25, 0.3) is 0 Å². The van der Waals surface area contributed by atoms with Gasteiger partial charge in [0.25, 0.3) is 5.91 Å². The Bertz CT molecular complexity index is 794. The lowest BCUT2D eigenvalue weighted by atomic mass is 9.85. The molecule has 3 amide bonds. The van der Waals surface area contributed by atoms with E-state index < -0.39 is 36.4 Å². The molecule has 1 fully saturated rings. The van der Waals surface area contributed by atoms with Crippen LogP contribution in [0, 0.1) is 11.8 Å². The number of nitrogens with zero attached hydrogens (tertiary/aromatic N) is 1. The molecule has 0 unspecified atom stereocenters. The monoisotopic (exact) mass is 404 g/mol. The molecule has 1 heterocycles. The zero-order valence-electron chi connectivity index (χ0n) is 15.4. The lowest BCUT2D eigenvalue weighted by molar-refractivity contribution is -0.159. The molecule has 0 aromatic heterocycles. The van der Waals surface area contributed by atoms with Gasteiger partial charge in [-0.15, -0.1) is 0 Å². The standard InChI is InChI=1S/C20H21ClN2O5/c1-12(23-18(25)15-4-2-3-5-16(15)19(23)26)20(27)28-11-17(24)22-10-13-6-8-14(21)9-7-13/h2-3,6-9,12,15-16H,4-5,10-11H2,1H3,(H,22,24)/t12-,15+,16+/m0/s1. The third-order valence-electron chi connectivity index (χ3n) is 5.02. The summed E-state index contributed by atoms with van der Waals surface area (Å²) in [5, 5.41) is 3.22. The first-order valence-electron chi connectivity index (χ1n) is 9.08. The normalized spacial score (nSPS) is 22.0. The maximum absolute atomic E-state index is 12.5. The van der Waals surface area contributed by atoms with Gasteiger partial charge in [0.05, 0.1) is 11.8 Å². The summed E-state index contributed by atoms with van der Waals surface area (Å²) < 4.78 is 5.00. The number of carbonyl (C=O) groups is 4. The molecule has 1 saturated heterocycles. The fourth-order valence-electron chi connectivity index (χ4n) is 3.42. The average Bonchev–Trinajstić information content (AvgIpc) is 2.96. The van der Waals surface area contributed by atoms with Crippen molar-refractivity contribution in [3.05, 3.63) is 47.0 Å². The molecule has 7 nitrogen and oxygen atoms in total. The fraction of sp³-hybridized carbons (Fsp3) is 0.400. The van der Waals surface area contributed by atoms with E-state index in [2.05, 4.69) is 5.32 Å². The van der Waals surface area contributed by atoms with Gasteiger partial charge in [-0.3, -0.25) is 19.3 Å². The van der Waals surface area contributed by atoms with Crippen LogP contribution in [-0.2, 0) is 30.5 Å². The first kappa shape index (κ1) is 20.1. The van der Waals surface area contributed by atoms with E-state index in [9.17, 15) is 19.2 Å². The van der Waals surface area contributed by atoms with Crippen LogP contribution >= 0.6 is 11.6 Å². The Balaban J connectivity index is 1.49. The van der Waals surface area contributed by atoms with E-state index in [0.29, 0.717) is 17.9 Å². The Morgan fingerprint density at radius 2 is 1.71 bits per heavy atom. The van der Waals surface area contributed by atoms with Crippen LogP contribution < -0.4 is 5.32 Å². The lowest BCUT2D eigenvalue weighted by Crippen LogP contribution is -2.45. The molecule has 28 heavy (non-hydrogen) atoms. The Hall–Kier alpha value is -2.67. The van der Waals surface area contributed by atoms with Gasteiger partial charge in [0.2, 0.25) is 11.8 Å². The van der Waals surface area contributed by atoms with E-state index in [1.165, 1.54) is 6.92 Å². The van der Waals surface area contributed by atoms with Crippen molar-refractivity contribution in [3.63, 3.8) is 0 Å². The summed E-state index contributed by atoms with van der Waals surface area (Å²) in [5.41, 5.74) is 0.849. The molecule has 1 aliphatic carbocycles. The zero-order chi connectivity index (χ0) is 20.3. The van der Waals surface area contributed by atoms with Crippen LogP contribution in [0.15, 0.2) is 36.4 Å². The minimum Gasteiger partial charge on any atom is -0.454 e. The first-order valence-corrected chi connectivity index (χ1v) is 9.46. The van der Waals surface area contributed by atoms with Crippen molar-refractivity contribution in [2.24, 2.45) is 11.8 Å². The molecule has 0 saturated carbocycles. The van der Waals surface area contributed by atoms with E-state index in [1.54, 1.807) is 24.3 Å². The van der Waals surface area contributed by atoms with Gasteiger partial charge in [-0.1, -0.05) is 35.9 Å². The zero-order valence-corrected chi connectivity index (χ0v) is 16.1. The van der Waals surface area contributed by atoms with Gasteiger partial charge in [0, 0.05) is 11.6 Å². The Kier molecular flexibility index (Phi) is 6.14. The summed E-state index contributed by atoms with van der Waals surface area (Å²) in [6.07, 6.45) is 4.76. The Morgan fingerprint density at radius 1 is 1.14 bits per heavy atom. The van der Waals surface area contributed by atoms with Gasteiger partial charge in [-0.2, -0.15) is 0 Å². The van der Waals surface area contributed by atoms with Crippen LogP contribution in [0.2, 0.25) is 5.02 Å². The Labute approximate surface area is 167 Å². The number of amides is 3. The van der Waals surface area contributed by atoms with Crippen molar-refractivity contribution in [1.29, 1.82) is 0 Å². The molecule has 0 bridgehead atoms. The molecule has 0 radical (unpaired) electrons. The summed E-state index contributed by atoms with van der Waals surface area (Å²) in [6.45, 7) is 1.22. The van der Waals surface area contributed by atoms with Crippen molar-refractivity contribution in [3.8, 4) is 0 Å². The maximum Gasteiger partial charge on any atom is 0.329 e. The summed E-state index contributed by atoms with van der Waals surface area (Å²) in [6, 6.07) is 5.91. The summed E-state index contributed by atoms with van der Waals surface area (Å²) >= 11 is 5.80. The highest BCUT2D eigenvalue weighted by Gasteiger charge is 2.50. The van der Waals surface area contributed by atoms with Crippen LogP contribution in [0.5, 0.6) is 0 Å². The van der Waals surface area contributed by atoms with Gasteiger partial charge >= 0.3 is 5.97 Å². The second-order valence-electron chi connectivity index (χ2n) is 6.89. The van der Waals surface area contributed by atoms with Gasteiger partial charge in [-0.05, 0) is 37.5 Å². The molecule has 0 spiro atoms. The van der Waals surface area contributed by atoms with Crippen LogP contribution in [0.1, 0.15) is 25.3 Å². The van der Waals surface area contributed by atoms with E-state index in [-0.39, 0.29) is 18.4 Å². The maximum atomic E-state index is 12.5. The number of likely N-dealkylation sites (tertiary alicyclic amines) is 1. The highest BCUT2D eigenvalue weighted by molar-refractivity contribution is 6.30. The molecule has 1 aliphatic heterocycles. The molecular formula is C20H21ClN2O5. The summed E-state index contributed by atoms with van der Waals surface area (Å²) in [7, 11) is 0. The number of esters is 1. The number of imide groups is 1. The Morgan fingerprint density at radius 3 is 2.29 bits per heavy atom. The number of hydrogen-bond acceptors (Lipinski definition) is 5. The SMILES string of the molecule is C[C@@H](C(=O)OCC(=O)NCc1ccc(Cl)cc1)N1C(=O)[C@@H]2CC=CC[C@H]2C1=O. The van der Waals surface area contributed by atoms with Crippen molar-refractivity contribution in [1.82, 2.24) is 10.2 Å². The molecule has 1 aromatic carbocycles. The largest absolute Gasteiger partial charge is 0.454 e. The topological polar surface area (TPSA) is 92.8 Å². The third kappa shape index (κ3) is 4.25. The number of hydrogen-bond donors (Lipinski definition) is 1. The lowest BCUT2D eigenvalue weighted by Gasteiger charge is -2.21. The second-order valence-corrected chi connectivity index (χ2v) is 7.33. The highest BCUT2D eigenvalue weighted by atomic mass is 35.5. The van der Waals surface area contributed by atoms with Crippen molar-refractivity contribution in [2.75, 3.05) is 6.61 Å². The number of halogens is 1. The number of allylic oxidation sites excluding steroid dienone is 2. The van der Waals surface area contributed by atoms with Crippen LogP contribution in [0.4, 0.5) is 0 Å². The van der Waals surface area contributed by atoms with E-state index in [4.69, 9.17) is 16.3 Å². The van der Waals surface area contributed by atoms with E-state index >= 15 is 0 Å². The van der Waals surface area contributed by atoms with Crippen LogP contribution in [-0.4, -0.2) is 41.2 Å². The minimum atomic E-state index is -1.06. The highest BCUT2D eigenvalue weighted by Crippen LogP contribution is 2.36. The van der Waals surface area contributed by atoms with E-state index in [0.717, 1.165) is 10.5 Å². The average molecular weight is 405 g/mol. The predicted molar refractivity (Wildman–Crippen MR) is 101 cm³/mol. The smallest absolute Gasteiger partial charge is 0.329 e. The fourth-order valence-corrected chi connectivity index (χ4v) is 3.55. The van der Waals surface area contributed by atoms with Gasteiger partial charge in [0.15, 0.2) is 6.61 Å². The second kappa shape index (κ2) is 8.56. The molecule has 1 aromatic rings. The van der Waals surface area contributed by atoms with E-state index in [1.807, 2.05) is 12.2 Å².